The molecule has 11 heavy (non-hydrogen) atoms. The van der Waals surface area contributed by atoms with E-state index in [1.807, 2.05) is 18.2 Å². The summed E-state index contributed by atoms with van der Waals surface area (Å²) in [5, 5.41) is 0. The number of hydrogen-bond donors (Lipinski definition) is 0. The van der Waals surface area contributed by atoms with Crippen molar-refractivity contribution < 1.29 is 4.52 Å². The fourth-order valence-corrected chi connectivity index (χ4v) is 1.45. The summed E-state index contributed by atoms with van der Waals surface area (Å²) in [5.74, 6) is 1.02. The van der Waals surface area contributed by atoms with Gasteiger partial charge in [-0.2, -0.15) is 0 Å². The van der Waals surface area contributed by atoms with Crippen molar-refractivity contribution in [2.75, 3.05) is 13.3 Å². The lowest BCUT2D eigenvalue weighted by atomic mass is 10.2. The fourth-order valence-electron chi connectivity index (χ4n) is 0.856. The van der Waals surface area contributed by atoms with Crippen LogP contribution in [0.25, 0.3) is 0 Å². The SMILES string of the molecule is Cc1ccccc1OP(C)C. The zero-order chi connectivity index (χ0) is 8.27. The van der Waals surface area contributed by atoms with Crippen molar-refractivity contribution in [1.82, 2.24) is 0 Å². The van der Waals surface area contributed by atoms with Gasteiger partial charge in [-0.15, -0.1) is 0 Å². The summed E-state index contributed by atoms with van der Waals surface area (Å²) in [6, 6.07) is 8.10. The third-order valence-corrected chi connectivity index (χ3v) is 1.94. The summed E-state index contributed by atoms with van der Waals surface area (Å²) in [6.07, 6.45) is 0. The first-order valence-corrected chi connectivity index (χ1v) is 5.76. The lowest BCUT2D eigenvalue weighted by Crippen LogP contribution is -1.86. The van der Waals surface area contributed by atoms with Gasteiger partial charge in [-0.1, -0.05) is 18.2 Å². The Kier molecular flexibility index (Phi) is 2.90. The highest BCUT2D eigenvalue weighted by atomic mass is 31.1. The van der Waals surface area contributed by atoms with E-state index < -0.39 is 0 Å². The summed E-state index contributed by atoms with van der Waals surface area (Å²) < 4.78 is 5.61. The van der Waals surface area contributed by atoms with Crippen molar-refractivity contribution in [2.24, 2.45) is 0 Å². The highest BCUT2D eigenvalue weighted by molar-refractivity contribution is 7.51. The van der Waals surface area contributed by atoms with E-state index in [2.05, 4.69) is 26.3 Å². The van der Waals surface area contributed by atoms with Gasteiger partial charge in [0.1, 0.15) is 5.75 Å². The molecule has 0 fully saturated rings. The Bertz CT molecular complexity index is 233. The van der Waals surface area contributed by atoms with Crippen LogP contribution in [0.2, 0.25) is 0 Å². The molecule has 0 saturated heterocycles. The number of para-hydroxylation sites is 1. The van der Waals surface area contributed by atoms with E-state index in [0.717, 1.165) is 5.75 Å². The maximum atomic E-state index is 5.61. The molecule has 0 spiro atoms. The van der Waals surface area contributed by atoms with Crippen LogP contribution in [0, 0.1) is 6.92 Å². The molecule has 60 valence electrons. The van der Waals surface area contributed by atoms with Crippen LogP contribution in [-0.4, -0.2) is 13.3 Å². The second kappa shape index (κ2) is 3.73. The van der Waals surface area contributed by atoms with Gasteiger partial charge >= 0.3 is 0 Å². The van der Waals surface area contributed by atoms with Crippen LogP contribution in [0.15, 0.2) is 24.3 Å². The van der Waals surface area contributed by atoms with Gasteiger partial charge in [-0.25, -0.2) is 0 Å². The third kappa shape index (κ3) is 2.51. The molecule has 0 aromatic heterocycles. The molecule has 0 N–H and O–H groups in total. The summed E-state index contributed by atoms with van der Waals surface area (Å²) in [7, 11) is -0.293. The van der Waals surface area contributed by atoms with Crippen LogP contribution >= 0.6 is 8.15 Å². The molecule has 0 aliphatic rings. The van der Waals surface area contributed by atoms with E-state index in [-0.39, 0.29) is 8.15 Å². The highest BCUT2D eigenvalue weighted by Crippen LogP contribution is 2.31. The average Bonchev–Trinajstić information content (AvgIpc) is 1.93. The molecule has 0 atom stereocenters. The van der Waals surface area contributed by atoms with Crippen molar-refractivity contribution in [3.63, 3.8) is 0 Å². The minimum absolute atomic E-state index is 0.293. The standard InChI is InChI=1S/C9H13OP/c1-8-6-4-5-7-9(8)10-11(2)3/h4-7H,1-3H3. The summed E-state index contributed by atoms with van der Waals surface area (Å²) >= 11 is 0. The van der Waals surface area contributed by atoms with Crippen LogP contribution in [0.3, 0.4) is 0 Å². The Labute approximate surface area is 69.2 Å². The zero-order valence-electron chi connectivity index (χ0n) is 7.16. The zero-order valence-corrected chi connectivity index (χ0v) is 8.06. The molecule has 1 aromatic rings. The maximum Gasteiger partial charge on any atom is 0.126 e. The van der Waals surface area contributed by atoms with Gasteiger partial charge in [0.2, 0.25) is 0 Å². The summed E-state index contributed by atoms with van der Waals surface area (Å²) in [4.78, 5) is 0. The average molecular weight is 168 g/mol. The molecule has 0 unspecified atom stereocenters. The monoisotopic (exact) mass is 168 g/mol. The highest BCUT2D eigenvalue weighted by Gasteiger charge is 1.98. The molecule has 0 amide bonds. The lowest BCUT2D eigenvalue weighted by Gasteiger charge is -2.10. The van der Waals surface area contributed by atoms with Crippen molar-refractivity contribution in [3.8, 4) is 5.75 Å². The first-order chi connectivity index (χ1) is 5.20. The van der Waals surface area contributed by atoms with E-state index in [0.29, 0.717) is 0 Å². The Morgan fingerprint density at radius 1 is 1.18 bits per heavy atom. The van der Waals surface area contributed by atoms with Crippen LogP contribution in [0.1, 0.15) is 5.56 Å². The Balaban J connectivity index is 2.78. The van der Waals surface area contributed by atoms with Gasteiger partial charge in [-0.05, 0) is 31.9 Å². The van der Waals surface area contributed by atoms with Gasteiger partial charge < -0.3 is 4.52 Å². The topological polar surface area (TPSA) is 9.23 Å². The summed E-state index contributed by atoms with van der Waals surface area (Å²) in [5.41, 5.74) is 1.21. The quantitative estimate of drug-likeness (QED) is 0.617. The molecular formula is C9H13OP. The Hall–Kier alpha value is -0.550. The van der Waals surface area contributed by atoms with E-state index in [1.54, 1.807) is 0 Å². The second-order valence-corrected chi connectivity index (χ2v) is 4.48. The molecule has 2 heteroatoms. The number of benzene rings is 1. The lowest BCUT2D eigenvalue weighted by molar-refractivity contribution is 0.617. The minimum Gasteiger partial charge on any atom is -0.474 e. The molecule has 1 rings (SSSR count). The molecule has 0 heterocycles. The van der Waals surface area contributed by atoms with E-state index in [9.17, 15) is 0 Å². The minimum atomic E-state index is -0.293. The third-order valence-electron chi connectivity index (χ3n) is 1.37. The molecule has 1 nitrogen and oxygen atoms in total. The fraction of sp³-hybridized carbons (Fsp3) is 0.333. The first kappa shape index (κ1) is 8.55. The number of aryl methyl sites for hydroxylation is 1. The van der Waals surface area contributed by atoms with Gasteiger partial charge in [0, 0.05) is 0 Å². The normalized spacial score (nSPS) is 10.2. The van der Waals surface area contributed by atoms with Crippen LogP contribution in [0.5, 0.6) is 5.75 Å². The van der Waals surface area contributed by atoms with Gasteiger partial charge in [0.05, 0.1) is 8.15 Å². The van der Waals surface area contributed by atoms with Crippen molar-refractivity contribution in [2.45, 2.75) is 6.92 Å². The molecule has 0 saturated carbocycles. The van der Waals surface area contributed by atoms with Crippen LogP contribution < -0.4 is 4.52 Å². The molecule has 0 bridgehead atoms. The first-order valence-electron chi connectivity index (χ1n) is 3.61. The largest absolute Gasteiger partial charge is 0.474 e. The summed E-state index contributed by atoms with van der Waals surface area (Å²) in [6.45, 7) is 6.26. The molecule has 0 aliphatic heterocycles. The van der Waals surface area contributed by atoms with Gasteiger partial charge in [-0.3, -0.25) is 0 Å². The van der Waals surface area contributed by atoms with Gasteiger partial charge in [0.25, 0.3) is 0 Å². The van der Waals surface area contributed by atoms with E-state index in [4.69, 9.17) is 4.52 Å². The van der Waals surface area contributed by atoms with E-state index >= 15 is 0 Å². The molecular weight excluding hydrogens is 155 g/mol. The van der Waals surface area contributed by atoms with Gasteiger partial charge in [0.15, 0.2) is 0 Å². The number of rotatable bonds is 2. The van der Waals surface area contributed by atoms with Crippen LogP contribution in [-0.2, 0) is 0 Å². The maximum absolute atomic E-state index is 5.61. The second-order valence-electron chi connectivity index (χ2n) is 2.67. The van der Waals surface area contributed by atoms with Crippen molar-refractivity contribution in [3.05, 3.63) is 29.8 Å². The molecule has 1 aromatic carbocycles. The predicted octanol–water partition coefficient (Wildman–Crippen LogP) is 3.03. The van der Waals surface area contributed by atoms with Crippen molar-refractivity contribution >= 4 is 8.15 Å². The smallest absolute Gasteiger partial charge is 0.126 e. The predicted molar refractivity (Wildman–Crippen MR) is 50.6 cm³/mol. The molecule has 0 radical (unpaired) electrons. The van der Waals surface area contributed by atoms with Crippen LogP contribution in [0.4, 0.5) is 0 Å². The Morgan fingerprint density at radius 3 is 2.36 bits per heavy atom. The number of hydrogen-bond acceptors (Lipinski definition) is 1. The van der Waals surface area contributed by atoms with Crippen molar-refractivity contribution in [1.29, 1.82) is 0 Å². The van der Waals surface area contributed by atoms with E-state index in [1.165, 1.54) is 5.56 Å². The molecule has 0 aliphatic carbocycles. The Morgan fingerprint density at radius 2 is 1.82 bits per heavy atom.